The number of rotatable bonds is 6. The summed E-state index contributed by atoms with van der Waals surface area (Å²) in [5.41, 5.74) is 1.73. The molecule has 0 amide bonds. The molecule has 1 aliphatic heterocycles. The Balaban J connectivity index is 1.73. The third kappa shape index (κ3) is 4.92. The first-order chi connectivity index (χ1) is 15.8. The molecule has 0 unspecified atom stereocenters. The minimum Gasteiger partial charge on any atom is -0.493 e. The van der Waals surface area contributed by atoms with Gasteiger partial charge in [0.25, 0.3) is 0 Å². The average molecular weight is 484 g/mol. The van der Waals surface area contributed by atoms with E-state index in [1.807, 2.05) is 6.92 Å². The van der Waals surface area contributed by atoms with Crippen LogP contribution in [0.2, 0.25) is 5.02 Å². The van der Waals surface area contributed by atoms with Crippen LogP contribution in [0.3, 0.4) is 0 Å². The first kappa shape index (κ1) is 22.6. The largest absolute Gasteiger partial charge is 0.493 e. The Bertz CT molecular complexity index is 1380. The van der Waals surface area contributed by atoms with Crippen LogP contribution in [0.4, 0.5) is 0 Å². The molecule has 0 aliphatic carbocycles. The monoisotopic (exact) mass is 483 g/mol. The second-order valence-electron chi connectivity index (χ2n) is 7.07. The molecule has 33 heavy (non-hydrogen) atoms. The normalized spacial score (nSPS) is 14.7. The van der Waals surface area contributed by atoms with Crippen molar-refractivity contribution in [1.29, 1.82) is 0 Å². The predicted octanol–water partition coefficient (Wildman–Crippen LogP) is 4.77. The Kier molecular flexibility index (Phi) is 6.22. The van der Waals surface area contributed by atoms with Gasteiger partial charge in [-0.25, -0.2) is 9.79 Å². The molecule has 0 spiro atoms. The molecule has 7 nitrogen and oxygen atoms in total. The molecule has 0 fully saturated rings. The Morgan fingerprint density at radius 3 is 2.36 bits per heavy atom. The highest BCUT2D eigenvalue weighted by molar-refractivity contribution is 7.87. The summed E-state index contributed by atoms with van der Waals surface area (Å²) in [6.07, 6.45) is 1.38. The van der Waals surface area contributed by atoms with E-state index in [9.17, 15) is 13.2 Å². The van der Waals surface area contributed by atoms with Gasteiger partial charge in [0.15, 0.2) is 17.2 Å². The number of esters is 1. The third-order valence-electron chi connectivity index (χ3n) is 4.74. The number of para-hydroxylation sites is 1. The fourth-order valence-electron chi connectivity index (χ4n) is 3.03. The van der Waals surface area contributed by atoms with E-state index < -0.39 is 16.1 Å². The summed E-state index contributed by atoms with van der Waals surface area (Å²) in [5, 5.41) is 0.535. The summed E-state index contributed by atoms with van der Waals surface area (Å²) in [6.45, 7) is 1.85. The van der Waals surface area contributed by atoms with Crippen molar-refractivity contribution in [2.75, 3.05) is 7.11 Å². The number of hydrogen-bond donors (Lipinski definition) is 0. The number of carbonyl (C=O) groups is 1. The minimum absolute atomic E-state index is 0.0130. The second kappa shape index (κ2) is 9.09. The van der Waals surface area contributed by atoms with Crippen LogP contribution in [0, 0.1) is 6.92 Å². The van der Waals surface area contributed by atoms with Crippen LogP contribution in [-0.2, 0) is 19.6 Å². The summed E-state index contributed by atoms with van der Waals surface area (Å²) in [6, 6.07) is 17.7. The quantitative estimate of drug-likeness (QED) is 0.285. The van der Waals surface area contributed by atoms with Crippen LogP contribution in [0.25, 0.3) is 6.08 Å². The maximum absolute atomic E-state index is 12.9. The van der Waals surface area contributed by atoms with Crippen LogP contribution < -0.4 is 8.92 Å². The van der Waals surface area contributed by atoms with E-state index in [2.05, 4.69) is 4.99 Å². The molecule has 0 saturated heterocycles. The van der Waals surface area contributed by atoms with Gasteiger partial charge in [0.1, 0.15) is 4.90 Å². The second-order valence-corrected chi connectivity index (χ2v) is 9.05. The molecule has 0 atom stereocenters. The average Bonchev–Trinajstić information content (AvgIpc) is 3.15. The number of methoxy groups -OCH3 is 1. The molecule has 4 rings (SSSR count). The van der Waals surface area contributed by atoms with Crippen LogP contribution in [-0.4, -0.2) is 27.4 Å². The maximum atomic E-state index is 12.9. The Labute approximate surface area is 196 Å². The fourth-order valence-corrected chi connectivity index (χ4v) is 4.12. The first-order valence-electron chi connectivity index (χ1n) is 9.73. The minimum atomic E-state index is -4.16. The molecule has 0 aromatic heterocycles. The molecule has 1 heterocycles. The van der Waals surface area contributed by atoms with Crippen LogP contribution >= 0.6 is 11.6 Å². The van der Waals surface area contributed by atoms with Gasteiger partial charge in [0.05, 0.1) is 7.11 Å². The summed E-state index contributed by atoms with van der Waals surface area (Å²) < 4.78 is 41.7. The van der Waals surface area contributed by atoms with Gasteiger partial charge in [-0.1, -0.05) is 41.4 Å². The summed E-state index contributed by atoms with van der Waals surface area (Å²) in [7, 11) is -2.78. The third-order valence-corrected chi connectivity index (χ3v) is 6.22. The lowest BCUT2D eigenvalue weighted by atomic mass is 10.1. The molecule has 1 aliphatic rings. The Morgan fingerprint density at radius 2 is 1.70 bits per heavy atom. The number of halogens is 1. The standard InChI is InChI=1S/C24H18ClNO6S/c1-15-6-12-19(13-7-15)33(28,29)32-22-17(4-3-5-21(22)30-2)14-20-24(27)31-23(26-20)16-8-10-18(25)11-9-16/h3-14H,1-2H3/b20-14+. The number of benzene rings is 3. The van der Waals surface area contributed by atoms with Crippen molar-refractivity contribution in [3.8, 4) is 11.5 Å². The molecular weight excluding hydrogens is 466 g/mol. The van der Waals surface area contributed by atoms with Crippen LogP contribution in [0.1, 0.15) is 16.7 Å². The van der Waals surface area contributed by atoms with Gasteiger partial charge in [-0.05, 0) is 55.5 Å². The first-order valence-corrected chi connectivity index (χ1v) is 11.5. The van der Waals surface area contributed by atoms with Crippen molar-refractivity contribution in [3.05, 3.63) is 94.1 Å². The molecule has 0 saturated carbocycles. The van der Waals surface area contributed by atoms with Gasteiger partial charge in [-0.2, -0.15) is 8.42 Å². The van der Waals surface area contributed by atoms with Gasteiger partial charge in [0, 0.05) is 16.1 Å². The molecule has 0 bridgehead atoms. The molecule has 9 heteroatoms. The van der Waals surface area contributed by atoms with E-state index in [1.165, 1.54) is 25.3 Å². The number of nitrogens with zero attached hydrogens (tertiary/aromatic N) is 1. The molecule has 0 radical (unpaired) electrons. The van der Waals surface area contributed by atoms with E-state index >= 15 is 0 Å². The van der Waals surface area contributed by atoms with Crippen molar-refractivity contribution in [3.63, 3.8) is 0 Å². The van der Waals surface area contributed by atoms with E-state index in [0.29, 0.717) is 10.6 Å². The number of cyclic esters (lactones) is 1. The molecular formula is C24H18ClNO6S. The van der Waals surface area contributed by atoms with Gasteiger partial charge in [0.2, 0.25) is 5.90 Å². The van der Waals surface area contributed by atoms with Gasteiger partial charge < -0.3 is 13.7 Å². The number of aryl methyl sites for hydroxylation is 1. The fraction of sp³-hybridized carbons (Fsp3) is 0.0833. The topological polar surface area (TPSA) is 91.3 Å². The zero-order chi connectivity index (χ0) is 23.6. The number of hydrogen-bond acceptors (Lipinski definition) is 7. The van der Waals surface area contributed by atoms with Gasteiger partial charge in [-0.15, -0.1) is 0 Å². The highest BCUT2D eigenvalue weighted by Gasteiger charge is 2.26. The molecule has 3 aromatic carbocycles. The molecule has 0 N–H and O–H groups in total. The number of carbonyl (C=O) groups excluding carboxylic acids is 1. The maximum Gasteiger partial charge on any atom is 0.363 e. The van der Waals surface area contributed by atoms with Crippen LogP contribution in [0.5, 0.6) is 11.5 Å². The van der Waals surface area contributed by atoms with Crippen molar-refractivity contribution in [2.45, 2.75) is 11.8 Å². The van der Waals surface area contributed by atoms with E-state index in [0.717, 1.165) is 5.56 Å². The molecule has 168 valence electrons. The van der Waals surface area contributed by atoms with E-state index in [-0.39, 0.29) is 33.6 Å². The summed E-state index contributed by atoms with van der Waals surface area (Å²) >= 11 is 5.90. The van der Waals surface area contributed by atoms with Crippen molar-refractivity contribution >= 4 is 39.7 Å². The zero-order valence-corrected chi connectivity index (χ0v) is 19.2. The van der Waals surface area contributed by atoms with Crippen molar-refractivity contribution in [1.82, 2.24) is 0 Å². The van der Waals surface area contributed by atoms with E-state index in [4.69, 9.17) is 25.3 Å². The lowest BCUT2D eigenvalue weighted by Crippen LogP contribution is -2.11. The summed E-state index contributed by atoms with van der Waals surface area (Å²) in [5.74, 6) is -0.472. The van der Waals surface area contributed by atoms with Gasteiger partial charge in [-0.3, -0.25) is 0 Å². The number of aliphatic imine (C=N–C) groups is 1. The lowest BCUT2D eigenvalue weighted by Gasteiger charge is -2.13. The predicted molar refractivity (Wildman–Crippen MR) is 124 cm³/mol. The molecule has 3 aromatic rings. The van der Waals surface area contributed by atoms with Gasteiger partial charge >= 0.3 is 16.1 Å². The smallest absolute Gasteiger partial charge is 0.363 e. The van der Waals surface area contributed by atoms with Crippen LogP contribution in [0.15, 0.2) is 82.3 Å². The number of ether oxygens (including phenoxy) is 2. The highest BCUT2D eigenvalue weighted by Crippen LogP contribution is 2.35. The highest BCUT2D eigenvalue weighted by atomic mass is 35.5. The van der Waals surface area contributed by atoms with Crippen molar-refractivity contribution in [2.24, 2.45) is 4.99 Å². The lowest BCUT2D eigenvalue weighted by molar-refractivity contribution is -0.129. The SMILES string of the molecule is COc1cccc(/C=C2/N=C(c3ccc(Cl)cc3)OC2=O)c1OS(=O)(=O)c1ccc(C)cc1. The van der Waals surface area contributed by atoms with Crippen molar-refractivity contribution < 1.29 is 26.9 Å². The van der Waals surface area contributed by atoms with E-state index in [1.54, 1.807) is 54.6 Å². The zero-order valence-electron chi connectivity index (χ0n) is 17.6. The summed E-state index contributed by atoms with van der Waals surface area (Å²) in [4.78, 5) is 16.6. The Morgan fingerprint density at radius 1 is 1.00 bits per heavy atom. The Hall–Kier alpha value is -3.62.